The van der Waals surface area contributed by atoms with E-state index in [0.29, 0.717) is 0 Å². The first kappa shape index (κ1) is 13.5. The van der Waals surface area contributed by atoms with Gasteiger partial charge in [-0.3, -0.25) is 0 Å². The summed E-state index contributed by atoms with van der Waals surface area (Å²) < 4.78 is 13.5. The summed E-state index contributed by atoms with van der Waals surface area (Å²) in [6.07, 6.45) is 2.96. The van der Waals surface area contributed by atoms with Crippen molar-refractivity contribution in [2.45, 2.75) is 45.6 Å². The molecular formula is C14H19FN2. The fourth-order valence-corrected chi connectivity index (χ4v) is 2.00. The lowest BCUT2D eigenvalue weighted by Gasteiger charge is -2.33. The largest absolute Gasteiger partial charge is 0.380 e. The summed E-state index contributed by atoms with van der Waals surface area (Å²) >= 11 is 0. The maximum absolute atomic E-state index is 13.5. The van der Waals surface area contributed by atoms with Crippen LogP contribution in [0.2, 0.25) is 0 Å². The van der Waals surface area contributed by atoms with Crippen molar-refractivity contribution in [2.24, 2.45) is 0 Å². The van der Waals surface area contributed by atoms with E-state index in [2.05, 4.69) is 26.1 Å². The van der Waals surface area contributed by atoms with Gasteiger partial charge < -0.3 is 5.32 Å². The van der Waals surface area contributed by atoms with Gasteiger partial charge in [-0.25, -0.2) is 4.39 Å². The van der Waals surface area contributed by atoms with Gasteiger partial charge in [-0.05, 0) is 37.5 Å². The number of rotatable bonds is 5. The molecule has 3 heteroatoms. The summed E-state index contributed by atoms with van der Waals surface area (Å²) in [7, 11) is 0. The van der Waals surface area contributed by atoms with Crippen LogP contribution in [0.1, 0.15) is 45.6 Å². The minimum atomic E-state index is -0.463. The van der Waals surface area contributed by atoms with E-state index in [-0.39, 0.29) is 11.1 Å². The molecule has 0 fully saturated rings. The molecule has 0 heterocycles. The lowest BCUT2D eigenvalue weighted by molar-refractivity contribution is 0.420. The normalized spacial score (nSPS) is 11.0. The lowest BCUT2D eigenvalue weighted by Crippen LogP contribution is -2.36. The Balaban J connectivity index is 2.95. The van der Waals surface area contributed by atoms with Crippen molar-refractivity contribution in [2.75, 3.05) is 5.32 Å². The van der Waals surface area contributed by atoms with Crippen molar-refractivity contribution in [1.82, 2.24) is 0 Å². The van der Waals surface area contributed by atoms with Crippen molar-refractivity contribution >= 4 is 5.69 Å². The van der Waals surface area contributed by atoms with Crippen LogP contribution in [-0.4, -0.2) is 5.54 Å². The molecule has 0 atom stereocenters. The van der Waals surface area contributed by atoms with Crippen molar-refractivity contribution < 1.29 is 4.39 Å². The molecule has 1 N–H and O–H groups in total. The topological polar surface area (TPSA) is 35.8 Å². The number of nitrogens with zero attached hydrogens (tertiary/aromatic N) is 1. The molecule has 0 unspecified atom stereocenters. The molecule has 0 bridgehead atoms. The first-order chi connectivity index (χ1) is 8.10. The zero-order valence-corrected chi connectivity index (χ0v) is 10.7. The molecule has 0 aliphatic rings. The van der Waals surface area contributed by atoms with E-state index >= 15 is 0 Å². The van der Waals surface area contributed by atoms with Crippen LogP contribution in [0, 0.1) is 17.1 Å². The quantitative estimate of drug-likeness (QED) is 0.833. The van der Waals surface area contributed by atoms with Gasteiger partial charge in [-0.1, -0.05) is 20.8 Å². The lowest BCUT2D eigenvalue weighted by atomic mass is 9.89. The van der Waals surface area contributed by atoms with Gasteiger partial charge in [-0.2, -0.15) is 5.26 Å². The van der Waals surface area contributed by atoms with Crippen molar-refractivity contribution in [3.8, 4) is 6.07 Å². The van der Waals surface area contributed by atoms with Gasteiger partial charge in [0.1, 0.15) is 11.9 Å². The summed E-state index contributed by atoms with van der Waals surface area (Å²) in [6, 6.07) is 6.50. The predicted molar refractivity (Wildman–Crippen MR) is 68.3 cm³/mol. The maximum atomic E-state index is 13.5. The van der Waals surface area contributed by atoms with E-state index in [9.17, 15) is 4.39 Å². The van der Waals surface area contributed by atoms with Crippen LogP contribution in [0.5, 0.6) is 0 Å². The highest BCUT2D eigenvalue weighted by molar-refractivity contribution is 5.49. The summed E-state index contributed by atoms with van der Waals surface area (Å²) in [5, 5.41) is 12.1. The number of anilines is 1. The van der Waals surface area contributed by atoms with Crippen LogP contribution in [0.4, 0.5) is 10.1 Å². The third kappa shape index (κ3) is 2.97. The second-order valence-electron chi connectivity index (χ2n) is 4.27. The number of hydrogen-bond donors (Lipinski definition) is 1. The van der Waals surface area contributed by atoms with Gasteiger partial charge in [0, 0.05) is 11.2 Å². The Bertz CT molecular complexity index is 408. The second-order valence-corrected chi connectivity index (χ2v) is 4.27. The highest BCUT2D eigenvalue weighted by atomic mass is 19.1. The van der Waals surface area contributed by atoms with Crippen LogP contribution < -0.4 is 5.32 Å². The molecule has 1 rings (SSSR count). The Morgan fingerprint density at radius 1 is 1.24 bits per heavy atom. The van der Waals surface area contributed by atoms with Gasteiger partial charge in [0.05, 0.1) is 5.56 Å². The van der Waals surface area contributed by atoms with E-state index in [4.69, 9.17) is 5.26 Å². The number of hydrogen-bond acceptors (Lipinski definition) is 2. The Kier molecular flexibility index (Phi) is 4.51. The number of nitriles is 1. The molecule has 0 saturated heterocycles. The van der Waals surface area contributed by atoms with Gasteiger partial charge in [0.15, 0.2) is 0 Å². The van der Waals surface area contributed by atoms with Crippen LogP contribution in [0.15, 0.2) is 18.2 Å². The average molecular weight is 234 g/mol. The molecule has 0 aromatic heterocycles. The van der Waals surface area contributed by atoms with E-state index < -0.39 is 5.82 Å². The van der Waals surface area contributed by atoms with E-state index in [0.717, 1.165) is 24.9 Å². The molecule has 17 heavy (non-hydrogen) atoms. The van der Waals surface area contributed by atoms with Crippen molar-refractivity contribution in [3.05, 3.63) is 29.6 Å². The van der Waals surface area contributed by atoms with E-state index in [1.165, 1.54) is 12.1 Å². The van der Waals surface area contributed by atoms with Gasteiger partial charge in [-0.15, -0.1) is 0 Å². The van der Waals surface area contributed by atoms with Gasteiger partial charge >= 0.3 is 0 Å². The zero-order chi connectivity index (χ0) is 12.9. The first-order valence-corrected chi connectivity index (χ1v) is 6.08. The molecule has 0 spiro atoms. The first-order valence-electron chi connectivity index (χ1n) is 6.08. The molecular weight excluding hydrogens is 215 g/mol. The summed E-state index contributed by atoms with van der Waals surface area (Å²) in [5.74, 6) is -0.463. The third-order valence-electron chi connectivity index (χ3n) is 3.53. The average Bonchev–Trinajstić information content (AvgIpc) is 2.36. The zero-order valence-electron chi connectivity index (χ0n) is 10.7. The molecule has 0 amide bonds. The minimum absolute atomic E-state index is 0.0145. The van der Waals surface area contributed by atoms with Gasteiger partial charge in [0.2, 0.25) is 0 Å². The highest BCUT2D eigenvalue weighted by Crippen LogP contribution is 2.26. The van der Waals surface area contributed by atoms with E-state index in [1.807, 2.05) is 6.07 Å². The maximum Gasteiger partial charge on any atom is 0.143 e. The molecule has 92 valence electrons. The third-order valence-corrected chi connectivity index (χ3v) is 3.53. The monoisotopic (exact) mass is 234 g/mol. The molecule has 0 radical (unpaired) electrons. The summed E-state index contributed by atoms with van der Waals surface area (Å²) in [4.78, 5) is 0. The SMILES string of the molecule is CCC(CC)(CC)Nc1ccc(C#N)c(F)c1. The Morgan fingerprint density at radius 3 is 2.24 bits per heavy atom. The molecule has 1 aromatic rings. The highest BCUT2D eigenvalue weighted by Gasteiger charge is 2.23. The smallest absolute Gasteiger partial charge is 0.143 e. The van der Waals surface area contributed by atoms with Gasteiger partial charge in [0.25, 0.3) is 0 Å². The van der Waals surface area contributed by atoms with Crippen LogP contribution >= 0.6 is 0 Å². The molecule has 0 aliphatic carbocycles. The molecule has 0 aliphatic heterocycles. The Morgan fingerprint density at radius 2 is 1.82 bits per heavy atom. The van der Waals surface area contributed by atoms with Crippen molar-refractivity contribution in [1.29, 1.82) is 5.26 Å². The number of nitrogens with one attached hydrogen (secondary N) is 1. The predicted octanol–water partition coefficient (Wildman–Crippen LogP) is 4.08. The minimum Gasteiger partial charge on any atom is -0.380 e. The standard InChI is InChI=1S/C14H19FN2/c1-4-14(5-2,6-3)17-12-8-7-11(10-16)13(15)9-12/h7-9,17H,4-6H2,1-3H3. The number of halogens is 1. The van der Waals surface area contributed by atoms with E-state index in [1.54, 1.807) is 6.07 Å². The summed E-state index contributed by atoms with van der Waals surface area (Å²) in [6.45, 7) is 6.38. The molecule has 2 nitrogen and oxygen atoms in total. The van der Waals surface area contributed by atoms with Crippen LogP contribution in [0.25, 0.3) is 0 Å². The van der Waals surface area contributed by atoms with Crippen LogP contribution in [0.3, 0.4) is 0 Å². The number of benzene rings is 1. The van der Waals surface area contributed by atoms with Crippen LogP contribution in [-0.2, 0) is 0 Å². The Labute approximate surface area is 102 Å². The second kappa shape index (κ2) is 5.67. The van der Waals surface area contributed by atoms with Crippen molar-refractivity contribution in [3.63, 3.8) is 0 Å². The fourth-order valence-electron chi connectivity index (χ4n) is 2.00. The molecule has 1 aromatic carbocycles. The summed E-state index contributed by atoms with van der Waals surface area (Å²) in [5.41, 5.74) is 0.846. The molecule has 0 saturated carbocycles. The Hall–Kier alpha value is -1.56. The fraction of sp³-hybridized carbons (Fsp3) is 0.500.